The molecule has 2 amide bonds. The number of fused-ring (bicyclic) bond motifs is 1. The smallest absolute Gasteiger partial charge is 0.267 e. The summed E-state index contributed by atoms with van der Waals surface area (Å²) in [6.07, 6.45) is 4.40. The highest BCUT2D eigenvalue weighted by Gasteiger charge is 2.42. The third-order valence-electron chi connectivity index (χ3n) is 5.35. The van der Waals surface area contributed by atoms with Crippen LogP contribution in [0.5, 0.6) is 0 Å². The maximum absolute atomic E-state index is 13.2. The fourth-order valence-corrected chi connectivity index (χ4v) is 5.43. The van der Waals surface area contributed by atoms with Crippen LogP contribution in [-0.2, 0) is 9.59 Å². The summed E-state index contributed by atoms with van der Waals surface area (Å²) in [7, 11) is 0. The lowest BCUT2D eigenvalue weighted by Crippen LogP contribution is -2.33. The monoisotopic (exact) mass is 480 g/mol. The number of rotatable bonds is 7. The van der Waals surface area contributed by atoms with E-state index in [0.29, 0.717) is 33.8 Å². The molecule has 0 N–H and O–H groups in total. The Kier molecular flexibility index (Phi) is 6.99. The van der Waals surface area contributed by atoms with Crippen LogP contribution in [0.1, 0.15) is 52.0 Å². The largest absolute Gasteiger partial charge is 0.308 e. The van der Waals surface area contributed by atoms with E-state index in [-0.39, 0.29) is 11.8 Å². The van der Waals surface area contributed by atoms with Gasteiger partial charge in [0.2, 0.25) is 0 Å². The van der Waals surface area contributed by atoms with Gasteiger partial charge in [-0.05, 0) is 37.5 Å². The van der Waals surface area contributed by atoms with Crippen molar-refractivity contribution in [2.45, 2.75) is 46.5 Å². The van der Waals surface area contributed by atoms with E-state index < -0.39 is 0 Å². The van der Waals surface area contributed by atoms with E-state index in [9.17, 15) is 9.59 Å². The van der Waals surface area contributed by atoms with Gasteiger partial charge in [0.05, 0.1) is 16.2 Å². The zero-order valence-electron chi connectivity index (χ0n) is 16.5. The van der Waals surface area contributed by atoms with Crippen LogP contribution < -0.4 is 4.90 Å². The van der Waals surface area contributed by atoms with E-state index in [1.54, 1.807) is 9.80 Å². The molecular weight excluding hydrogens is 456 g/mol. The first-order valence-electron chi connectivity index (χ1n) is 9.82. The summed E-state index contributed by atoms with van der Waals surface area (Å²) in [5.41, 5.74) is 2.14. The number of thioether (sulfide) groups is 1. The molecule has 0 aliphatic carbocycles. The second-order valence-electron chi connectivity index (χ2n) is 7.12. The van der Waals surface area contributed by atoms with E-state index in [4.69, 9.17) is 12.2 Å². The van der Waals surface area contributed by atoms with Crippen molar-refractivity contribution in [3.05, 3.63) is 33.1 Å². The Hall–Kier alpha value is -1.18. The van der Waals surface area contributed by atoms with E-state index in [1.165, 1.54) is 11.8 Å². The second kappa shape index (κ2) is 9.09. The van der Waals surface area contributed by atoms with Crippen LogP contribution in [0.15, 0.2) is 27.6 Å². The minimum Gasteiger partial charge on any atom is -0.308 e. The van der Waals surface area contributed by atoms with Crippen LogP contribution in [-0.4, -0.2) is 34.1 Å². The van der Waals surface area contributed by atoms with Gasteiger partial charge in [-0.25, -0.2) is 0 Å². The van der Waals surface area contributed by atoms with Gasteiger partial charge in [0.25, 0.3) is 11.8 Å². The van der Waals surface area contributed by atoms with Gasteiger partial charge in [0.15, 0.2) is 0 Å². The lowest BCUT2D eigenvalue weighted by Gasteiger charge is -2.21. The van der Waals surface area contributed by atoms with Crippen LogP contribution in [0.25, 0.3) is 5.57 Å². The molecule has 1 aromatic carbocycles. The number of benzene rings is 1. The molecule has 150 valence electrons. The number of anilines is 1. The summed E-state index contributed by atoms with van der Waals surface area (Å²) in [6.45, 7) is 7.47. The molecule has 1 aromatic rings. The highest BCUT2D eigenvalue weighted by atomic mass is 79.9. The normalized spacial score (nSPS) is 20.4. The molecule has 3 rings (SSSR count). The molecule has 0 aromatic heterocycles. The van der Waals surface area contributed by atoms with Crippen molar-refractivity contribution < 1.29 is 9.59 Å². The molecule has 0 spiro atoms. The minimum atomic E-state index is -0.128. The van der Waals surface area contributed by atoms with Gasteiger partial charge in [-0.1, -0.05) is 73.0 Å². The average molecular weight is 481 g/mol. The van der Waals surface area contributed by atoms with Gasteiger partial charge in [0, 0.05) is 23.1 Å². The number of amides is 2. The van der Waals surface area contributed by atoms with Crippen LogP contribution in [0.4, 0.5) is 5.69 Å². The Morgan fingerprint density at radius 2 is 1.89 bits per heavy atom. The molecule has 0 unspecified atom stereocenters. The predicted octanol–water partition coefficient (Wildman–Crippen LogP) is 5.60. The van der Waals surface area contributed by atoms with Gasteiger partial charge in [-0.15, -0.1) is 0 Å². The lowest BCUT2D eigenvalue weighted by molar-refractivity contribution is -0.123. The zero-order chi connectivity index (χ0) is 20.4. The van der Waals surface area contributed by atoms with Crippen molar-refractivity contribution in [2.75, 3.05) is 18.0 Å². The number of carbonyl (C=O) groups is 2. The molecule has 1 atom stereocenters. The third-order valence-corrected chi connectivity index (χ3v) is 7.30. The van der Waals surface area contributed by atoms with E-state index >= 15 is 0 Å². The number of likely N-dealkylation sites (N-methyl/N-ethyl adjacent to an activating group) is 1. The van der Waals surface area contributed by atoms with Gasteiger partial charge in [-0.2, -0.15) is 0 Å². The van der Waals surface area contributed by atoms with Crippen molar-refractivity contribution in [1.82, 2.24) is 4.90 Å². The molecule has 2 heterocycles. The lowest BCUT2D eigenvalue weighted by atomic mass is 9.98. The summed E-state index contributed by atoms with van der Waals surface area (Å²) in [4.78, 5) is 30.2. The highest BCUT2D eigenvalue weighted by Crippen LogP contribution is 2.45. The summed E-state index contributed by atoms with van der Waals surface area (Å²) >= 11 is 10.3. The quantitative estimate of drug-likeness (QED) is 0.375. The number of nitrogens with zero attached hydrogens (tertiary/aromatic N) is 2. The summed E-state index contributed by atoms with van der Waals surface area (Å²) < 4.78 is 1.44. The minimum absolute atomic E-state index is 0.117. The molecule has 1 saturated heterocycles. The molecule has 1 fully saturated rings. The fourth-order valence-electron chi connectivity index (χ4n) is 3.72. The Morgan fingerprint density at radius 3 is 2.54 bits per heavy atom. The van der Waals surface area contributed by atoms with Crippen LogP contribution in [0, 0.1) is 5.92 Å². The molecular formula is C21H25BrN2O2S2. The number of hydrogen-bond donors (Lipinski definition) is 0. The Balaban J connectivity index is 1.97. The zero-order valence-corrected chi connectivity index (χ0v) is 19.7. The average Bonchev–Trinajstić information content (AvgIpc) is 3.10. The Bertz CT molecular complexity index is 853. The maximum atomic E-state index is 13.2. The first-order valence-corrected chi connectivity index (χ1v) is 11.8. The third kappa shape index (κ3) is 3.94. The molecule has 0 radical (unpaired) electrons. The highest BCUT2D eigenvalue weighted by molar-refractivity contribution is 9.10. The number of hydrogen-bond acceptors (Lipinski definition) is 4. The van der Waals surface area contributed by atoms with Crippen molar-refractivity contribution in [3.63, 3.8) is 0 Å². The number of halogens is 1. The van der Waals surface area contributed by atoms with Crippen molar-refractivity contribution in [2.24, 2.45) is 5.92 Å². The van der Waals surface area contributed by atoms with Gasteiger partial charge < -0.3 is 4.90 Å². The van der Waals surface area contributed by atoms with E-state index in [2.05, 4.69) is 29.8 Å². The summed E-state index contributed by atoms with van der Waals surface area (Å²) in [5.74, 6) is 0.186. The van der Waals surface area contributed by atoms with Gasteiger partial charge >= 0.3 is 0 Å². The van der Waals surface area contributed by atoms with E-state index in [1.807, 2.05) is 25.1 Å². The molecule has 7 heteroatoms. The van der Waals surface area contributed by atoms with Crippen LogP contribution in [0.2, 0.25) is 0 Å². The van der Waals surface area contributed by atoms with Crippen LogP contribution in [0.3, 0.4) is 0 Å². The van der Waals surface area contributed by atoms with Gasteiger partial charge in [-0.3, -0.25) is 14.5 Å². The molecule has 2 aliphatic heterocycles. The first-order chi connectivity index (χ1) is 13.4. The standard InChI is InChI=1S/C21H25BrN2O2S2/c1-4-7-8-13(5-2)12-24-20(26)18(28-21(24)27)17-15-11-14(22)9-10-16(15)23(6-3)19(17)25/h9-11,13H,4-8,12H2,1-3H3/b18-17-/t13-/m0/s1. The summed E-state index contributed by atoms with van der Waals surface area (Å²) in [5, 5.41) is 0. The topological polar surface area (TPSA) is 40.6 Å². The Labute approximate surface area is 184 Å². The summed E-state index contributed by atoms with van der Waals surface area (Å²) in [6, 6.07) is 5.76. The fraction of sp³-hybridized carbons (Fsp3) is 0.476. The number of thiocarbonyl (C=S) groups is 1. The van der Waals surface area contributed by atoms with Gasteiger partial charge in [0.1, 0.15) is 4.32 Å². The molecule has 4 nitrogen and oxygen atoms in total. The number of carbonyl (C=O) groups excluding carboxylic acids is 2. The molecule has 0 bridgehead atoms. The predicted molar refractivity (Wildman–Crippen MR) is 124 cm³/mol. The van der Waals surface area contributed by atoms with E-state index in [0.717, 1.165) is 41.4 Å². The molecule has 28 heavy (non-hydrogen) atoms. The maximum Gasteiger partial charge on any atom is 0.267 e. The Morgan fingerprint density at radius 1 is 1.14 bits per heavy atom. The number of unbranched alkanes of at least 4 members (excludes halogenated alkanes) is 1. The molecule has 0 saturated carbocycles. The first kappa shape index (κ1) is 21.5. The van der Waals surface area contributed by atoms with Crippen molar-refractivity contribution >= 4 is 67.3 Å². The van der Waals surface area contributed by atoms with Crippen molar-refractivity contribution in [1.29, 1.82) is 0 Å². The van der Waals surface area contributed by atoms with Crippen LogP contribution >= 0.6 is 39.9 Å². The van der Waals surface area contributed by atoms with Crippen molar-refractivity contribution in [3.8, 4) is 0 Å². The molecule has 2 aliphatic rings. The SMILES string of the molecule is CCCC[C@H](CC)CN1C(=O)/C(=C2/C(=O)N(CC)c3ccc(Br)cc32)SC1=S. The second-order valence-corrected chi connectivity index (χ2v) is 9.68.